The standard InChI is InChI=1S/C18H19N3OS/c1-13-6-7-16(19-12-13)18(22)8-10-21(11-9-18)17-20-14-4-2-3-5-15(14)23-17/h2-7,12,22H,8-11H2,1H3. The summed E-state index contributed by atoms with van der Waals surface area (Å²) in [5, 5.41) is 12.0. The first-order chi connectivity index (χ1) is 11.1. The van der Waals surface area contributed by atoms with E-state index >= 15 is 0 Å². The molecule has 4 rings (SSSR count). The van der Waals surface area contributed by atoms with E-state index in [1.807, 2.05) is 43.5 Å². The zero-order valence-electron chi connectivity index (χ0n) is 13.1. The van der Waals surface area contributed by atoms with E-state index in [2.05, 4.69) is 16.0 Å². The molecule has 1 aliphatic rings. The summed E-state index contributed by atoms with van der Waals surface area (Å²) in [5.41, 5.74) is 2.13. The van der Waals surface area contributed by atoms with Crippen LogP contribution in [0.3, 0.4) is 0 Å². The second-order valence-electron chi connectivity index (χ2n) is 6.20. The third kappa shape index (κ3) is 2.71. The van der Waals surface area contributed by atoms with E-state index < -0.39 is 5.60 Å². The molecule has 0 atom stereocenters. The van der Waals surface area contributed by atoms with Gasteiger partial charge >= 0.3 is 0 Å². The topological polar surface area (TPSA) is 49.2 Å². The molecule has 118 valence electrons. The lowest BCUT2D eigenvalue weighted by Gasteiger charge is -2.37. The van der Waals surface area contributed by atoms with E-state index in [-0.39, 0.29) is 0 Å². The van der Waals surface area contributed by atoms with E-state index in [0.29, 0.717) is 12.8 Å². The number of aromatic nitrogens is 2. The highest BCUT2D eigenvalue weighted by Crippen LogP contribution is 2.36. The summed E-state index contributed by atoms with van der Waals surface area (Å²) in [6.07, 6.45) is 3.19. The third-order valence-corrected chi connectivity index (χ3v) is 5.63. The summed E-state index contributed by atoms with van der Waals surface area (Å²) in [4.78, 5) is 11.4. The molecule has 3 heterocycles. The van der Waals surface area contributed by atoms with Crippen molar-refractivity contribution in [3.8, 4) is 0 Å². The lowest BCUT2D eigenvalue weighted by atomic mass is 9.88. The van der Waals surface area contributed by atoms with Crippen LogP contribution in [0.15, 0.2) is 42.6 Å². The molecule has 0 aliphatic carbocycles. The molecular weight excluding hydrogens is 306 g/mol. The number of rotatable bonds is 2. The SMILES string of the molecule is Cc1ccc(C2(O)CCN(c3nc4ccccc4s3)CC2)nc1. The normalized spacial score (nSPS) is 17.6. The van der Waals surface area contributed by atoms with Crippen molar-refractivity contribution in [1.82, 2.24) is 9.97 Å². The fourth-order valence-electron chi connectivity index (χ4n) is 3.06. The van der Waals surface area contributed by atoms with Gasteiger partial charge in [-0.1, -0.05) is 29.5 Å². The van der Waals surface area contributed by atoms with Crippen molar-refractivity contribution in [3.63, 3.8) is 0 Å². The molecule has 0 saturated carbocycles. The summed E-state index contributed by atoms with van der Waals surface area (Å²) in [6.45, 7) is 3.61. The van der Waals surface area contributed by atoms with E-state index in [0.717, 1.165) is 35.0 Å². The lowest BCUT2D eigenvalue weighted by Crippen LogP contribution is -2.43. The van der Waals surface area contributed by atoms with Gasteiger partial charge < -0.3 is 10.0 Å². The molecule has 4 nitrogen and oxygen atoms in total. The molecule has 2 aromatic heterocycles. The second-order valence-corrected chi connectivity index (χ2v) is 7.21. The Labute approximate surface area is 139 Å². The Balaban J connectivity index is 1.53. The largest absolute Gasteiger partial charge is 0.383 e. The van der Waals surface area contributed by atoms with Crippen LogP contribution in [0.4, 0.5) is 5.13 Å². The molecule has 1 aromatic carbocycles. The van der Waals surface area contributed by atoms with Crippen LogP contribution in [-0.2, 0) is 5.60 Å². The Bertz CT molecular complexity index is 787. The van der Waals surface area contributed by atoms with Crippen molar-refractivity contribution in [2.75, 3.05) is 18.0 Å². The van der Waals surface area contributed by atoms with Gasteiger partial charge in [-0.25, -0.2) is 4.98 Å². The van der Waals surface area contributed by atoms with Crippen LogP contribution in [-0.4, -0.2) is 28.2 Å². The predicted molar refractivity (Wildman–Crippen MR) is 93.9 cm³/mol. The van der Waals surface area contributed by atoms with Crippen LogP contribution in [0.1, 0.15) is 24.1 Å². The summed E-state index contributed by atoms with van der Waals surface area (Å²) in [7, 11) is 0. The molecule has 1 aliphatic heterocycles. The minimum absolute atomic E-state index is 0.680. The molecule has 23 heavy (non-hydrogen) atoms. The average molecular weight is 325 g/mol. The van der Waals surface area contributed by atoms with E-state index in [1.165, 1.54) is 4.70 Å². The van der Waals surface area contributed by atoms with Crippen molar-refractivity contribution in [1.29, 1.82) is 0 Å². The minimum atomic E-state index is -0.819. The fraction of sp³-hybridized carbons (Fsp3) is 0.333. The van der Waals surface area contributed by atoms with Crippen molar-refractivity contribution in [3.05, 3.63) is 53.9 Å². The monoisotopic (exact) mass is 325 g/mol. The van der Waals surface area contributed by atoms with Crippen LogP contribution in [0.2, 0.25) is 0 Å². The molecule has 0 radical (unpaired) electrons. The first kappa shape index (κ1) is 14.6. The number of aryl methyl sites for hydroxylation is 1. The number of para-hydroxylation sites is 1. The van der Waals surface area contributed by atoms with E-state index in [1.54, 1.807) is 11.3 Å². The third-order valence-electron chi connectivity index (χ3n) is 4.53. The number of hydrogen-bond acceptors (Lipinski definition) is 5. The molecule has 1 saturated heterocycles. The molecule has 5 heteroatoms. The van der Waals surface area contributed by atoms with Crippen molar-refractivity contribution in [2.24, 2.45) is 0 Å². The van der Waals surface area contributed by atoms with E-state index in [9.17, 15) is 5.11 Å². The van der Waals surface area contributed by atoms with Gasteiger partial charge in [-0.2, -0.15) is 0 Å². The summed E-state index contributed by atoms with van der Waals surface area (Å²) in [5.74, 6) is 0. The van der Waals surface area contributed by atoms with Gasteiger partial charge in [0.2, 0.25) is 0 Å². The van der Waals surface area contributed by atoms with Gasteiger partial charge in [0.15, 0.2) is 5.13 Å². The number of nitrogens with zero attached hydrogens (tertiary/aromatic N) is 3. The van der Waals surface area contributed by atoms with Crippen LogP contribution >= 0.6 is 11.3 Å². The number of pyridine rings is 1. The molecule has 0 bridgehead atoms. The van der Waals surface area contributed by atoms with Crippen molar-refractivity contribution >= 4 is 26.7 Å². The zero-order valence-corrected chi connectivity index (χ0v) is 13.9. The van der Waals surface area contributed by atoms with Gasteiger partial charge in [-0.05, 0) is 43.5 Å². The van der Waals surface area contributed by atoms with Crippen LogP contribution in [0.25, 0.3) is 10.2 Å². The van der Waals surface area contributed by atoms with Gasteiger partial charge in [-0.15, -0.1) is 0 Å². The number of fused-ring (bicyclic) bond motifs is 1. The van der Waals surface area contributed by atoms with Gasteiger partial charge in [-0.3, -0.25) is 4.98 Å². The number of piperidine rings is 1. The number of thiazole rings is 1. The molecular formula is C18H19N3OS. The zero-order chi connectivity index (χ0) is 15.9. The van der Waals surface area contributed by atoms with Crippen LogP contribution in [0, 0.1) is 6.92 Å². The Morgan fingerprint density at radius 3 is 2.61 bits per heavy atom. The number of hydrogen-bond donors (Lipinski definition) is 1. The molecule has 0 unspecified atom stereocenters. The van der Waals surface area contributed by atoms with Crippen LogP contribution < -0.4 is 4.90 Å². The summed E-state index contributed by atoms with van der Waals surface area (Å²) >= 11 is 1.72. The number of aliphatic hydroxyl groups is 1. The molecule has 0 spiro atoms. The van der Waals surface area contributed by atoms with Crippen molar-refractivity contribution in [2.45, 2.75) is 25.4 Å². The predicted octanol–water partition coefficient (Wildman–Crippen LogP) is 3.49. The van der Waals surface area contributed by atoms with Crippen molar-refractivity contribution < 1.29 is 5.11 Å². The Morgan fingerprint density at radius 2 is 1.91 bits per heavy atom. The first-order valence-corrected chi connectivity index (χ1v) is 8.72. The smallest absolute Gasteiger partial charge is 0.186 e. The Morgan fingerprint density at radius 1 is 1.13 bits per heavy atom. The highest BCUT2D eigenvalue weighted by molar-refractivity contribution is 7.22. The molecule has 1 fully saturated rings. The highest BCUT2D eigenvalue weighted by Gasteiger charge is 2.35. The number of anilines is 1. The van der Waals surface area contributed by atoms with E-state index in [4.69, 9.17) is 4.98 Å². The van der Waals surface area contributed by atoms with Gasteiger partial charge in [0.1, 0.15) is 5.60 Å². The Hall–Kier alpha value is -1.98. The minimum Gasteiger partial charge on any atom is -0.383 e. The first-order valence-electron chi connectivity index (χ1n) is 7.90. The number of benzene rings is 1. The summed E-state index contributed by atoms with van der Waals surface area (Å²) < 4.78 is 1.21. The van der Waals surface area contributed by atoms with Gasteiger partial charge in [0.05, 0.1) is 15.9 Å². The molecule has 0 amide bonds. The Kier molecular flexibility index (Phi) is 3.54. The maximum atomic E-state index is 10.9. The lowest BCUT2D eigenvalue weighted by molar-refractivity contribution is 0.00760. The summed E-state index contributed by atoms with van der Waals surface area (Å²) in [6, 6.07) is 12.2. The van der Waals surface area contributed by atoms with Gasteiger partial charge in [0.25, 0.3) is 0 Å². The van der Waals surface area contributed by atoms with Gasteiger partial charge in [0, 0.05) is 19.3 Å². The fourth-order valence-corrected chi connectivity index (χ4v) is 4.08. The van der Waals surface area contributed by atoms with Crippen LogP contribution in [0.5, 0.6) is 0 Å². The molecule has 3 aromatic rings. The average Bonchev–Trinajstić information content (AvgIpc) is 3.00. The maximum absolute atomic E-state index is 10.9. The molecule has 1 N–H and O–H groups in total. The highest BCUT2D eigenvalue weighted by atomic mass is 32.1. The second kappa shape index (κ2) is 5.58. The quantitative estimate of drug-likeness (QED) is 0.783. The maximum Gasteiger partial charge on any atom is 0.186 e.